The van der Waals surface area contributed by atoms with Crippen molar-refractivity contribution >= 4 is 0 Å². The zero-order valence-corrected chi connectivity index (χ0v) is 6.34. The smallest absolute Gasteiger partial charge is 0.0134 e. The van der Waals surface area contributed by atoms with Gasteiger partial charge in [-0.15, -0.1) is 0 Å². The summed E-state index contributed by atoms with van der Waals surface area (Å²) < 4.78 is 0. The molecule has 2 rings (SSSR count). The van der Waals surface area contributed by atoms with Crippen LogP contribution in [0.3, 0.4) is 0 Å². The summed E-state index contributed by atoms with van der Waals surface area (Å²) in [6.07, 6.45) is 14.9. The summed E-state index contributed by atoms with van der Waals surface area (Å²) in [5.41, 5.74) is 0. The molecule has 1 saturated carbocycles. The van der Waals surface area contributed by atoms with Gasteiger partial charge in [-0.1, -0.05) is 18.6 Å². The van der Waals surface area contributed by atoms with Crippen molar-refractivity contribution in [3.63, 3.8) is 0 Å². The maximum atomic E-state index is 3.57. The van der Waals surface area contributed by atoms with Gasteiger partial charge < -0.3 is 0 Å². The third-order valence-corrected chi connectivity index (χ3v) is 2.72. The van der Waals surface area contributed by atoms with E-state index in [1.807, 2.05) is 0 Å². The van der Waals surface area contributed by atoms with Crippen LogP contribution in [0.2, 0.25) is 0 Å². The largest absolute Gasteiger partial charge is 0.0882 e. The zero-order valence-electron chi connectivity index (χ0n) is 6.34. The Kier molecular flexibility index (Phi) is 1.79. The highest BCUT2D eigenvalue weighted by Gasteiger charge is 2.25. The van der Waals surface area contributed by atoms with Crippen molar-refractivity contribution < 1.29 is 0 Å². The van der Waals surface area contributed by atoms with Crippen LogP contribution in [0.25, 0.3) is 0 Å². The van der Waals surface area contributed by atoms with Gasteiger partial charge in [0.25, 0.3) is 0 Å². The van der Waals surface area contributed by atoms with Gasteiger partial charge in [0, 0.05) is 0 Å². The SMILES string of the molecule is [C]1CCCC2CC=CCC12. The standard InChI is InChI=1S/C10H14/c1-2-6-10-8-4-3-7-9(10)5-1/h1-2,9-10H,3-7H2. The first-order chi connectivity index (χ1) is 4.97. The van der Waals surface area contributed by atoms with Crippen LogP contribution in [-0.2, 0) is 0 Å². The van der Waals surface area contributed by atoms with Gasteiger partial charge in [0.1, 0.15) is 0 Å². The summed E-state index contributed by atoms with van der Waals surface area (Å²) in [5, 5.41) is 0. The lowest BCUT2D eigenvalue weighted by Gasteiger charge is -2.31. The number of hydrogen-bond donors (Lipinski definition) is 0. The number of allylic oxidation sites excluding steroid dienone is 2. The fourth-order valence-electron chi connectivity index (χ4n) is 2.09. The van der Waals surface area contributed by atoms with Gasteiger partial charge in [0.2, 0.25) is 0 Å². The van der Waals surface area contributed by atoms with E-state index in [1.165, 1.54) is 32.1 Å². The van der Waals surface area contributed by atoms with E-state index in [0.29, 0.717) is 0 Å². The maximum Gasteiger partial charge on any atom is -0.0134 e. The van der Waals surface area contributed by atoms with Crippen LogP contribution < -0.4 is 0 Å². The number of hydrogen-bond acceptors (Lipinski definition) is 0. The third-order valence-electron chi connectivity index (χ3n) is 2.72. The average molecular weight is 134 g/mol. The molecule has 2 aliphatic carbocycles. The summed E-state index contributed by atoms with van der Waals surface area (Å²) in [6, 6.07) is 0. The Hall–Kier alpha value is -0.260. The van der Waals surface area contributed by atoms with Gasteiger partial charge >= 0.3 is 0 Å². The molecular weight excluding hydrogens is 120 g/mol. The van der Waals surface area contributed by atoms with E-state index >= 15 is 0 Å². The van der Waals surface area contributed by atoms with Gasteiger partial charge in [-0.05, 0) is 43.9 Å². The van der Waals surface area contributed by atoms with Crippen LogP contribution in [-0.4, -0.2) is 0 Å². The molecule has 0 nitrogen and oxygen atoms in total. The predicted octanol–water partition coefficient (Wildman–Crippen LogP) is 2.83. The van der Waals surface area contributed by atoms with Crippen LogP contribution in [0.5, 0.6) is 0 Å². The quantitative estimate of drug-likeness (QED) is 0.447. The summed E-state index contributed by atoms with van der Waals surface area (Å²) in [6.45, 7) is 0. The van der Waals surface area contributed by atoms with Crippen molar-refractivity contribution in [1.82, 2.24) is 0 Å². The van der Waals surface area contributed by atoms with Gasteiger partial charge in [0.05, 0.1) is 0 Å². The summed E-state index contributed by atoms with van der Waals surface area (Å²) in [4.78, 5) is 0. The number of rotatable bonds is 0. The molecule has 2 aliphatic rings. The predicted molar refractivity (Wildman–Crippen MR) is 42.4 cm³/mol. The zero-order chi connectivity index (χ0) is 6.81. The van der Waals surface area contributed by atoms with Gasteiger partial charge in [0.15, 0.2) is 0 Å². The minimum atomic E-state index is 0.818. The third kappa shape index (κ3) is 1.12. The van der Waals surface area contributed by atoms with Crippen LogP contribution >= 0.6 is 0 Å². The maximum absolute atomic E-state index is 3.57. The second-order valence-corrected chi connectivity index (χ2v) is 3.41. The molecule has 0 bridgehead atoms. The molecule has 54 valence electrons. The fourth-order valence-corrected chi connectivity index (χ4v) is 2.09. The summed E-state index contributed by atoms with van der Waals surface area (Å²) in [7, 11) is 0. The Labute approximate surface area is 63.3 Å². The molecule has 1 fully saturated rings. The molecule has 2 atom stereocenters. The lowest BCUT2D eigenvalue weighted by atomic mass is 9.73. The Morgan fingerprint density at radius 3 is 3.00 bits per heavy atom. The van der Waals surface area contributed by atoms with Gasteiger partial charge in [-0.2, -0.15) is 0 Å². The van der Waals surface area contributed by atoms with Crippen LogP contribution in [0, 0.1) is 18.3 Å². The summed E-state index contributed by atoms with van der Waals surface area (Å²) >= 11 is 0. The molecule has 2 unspecified atom stereocenters. The van der Waals surface area contributed by atoms with E-state index in [1.54, 1.807) is 0 Å². The van der Waals surface area contributed by atoms with E-state index in [9.17, 15) is 0 Å². The van der Waals surface area contributed by atoms with Crippen molar-refractivity contribution in [1.29, 1.82) is 0 Å². The highest BCUT2D eigenvalue weighted by Crippen LogP contribution is 2.36. The monoisotopic (exact) mass is 134 g/mol. The molecule has 0 spiro atoms. The molecule has 0 saturated heterocycles. The topological polar surface area (TPSA) is 0 Å². The molecule has 10 heavy (non-hydrogen) atoms. The van der Waals surface area contributed by atoms with Crippen molar-refractivity contribution in [3.05, 3.63) is 18.6 Å². The second kappa shape index (κ2) is 2.77. The molecule has 0 heteroatoms. The Morgan fingerprint density at radius 2 is 2.10 bits per heavy atom. The Bertz CT molecular complexity index is 119. The molecule has 0 heterocycles. The highest BCUT2D eigenvalue weighted by atomic mass is 14.3. The van der Waals surface area contributed by atoms with E-state index in [-0.39, 0.29) is 0 Å². The van der Waals surface area contributed by atoms with Crippen molar-refractivity contribution in [2.24, 2.45) is 11.8 Å². The normalized spacial score (nSPS) is 39.2. The van der Waals surface area contributed by atoms with Crippen molar-refractivity contribution in [3.8, 4) is 0 Å². The fraction of sp³-hybridized carbons (Fsp3) is 0.700. The van der Waals surface area contributed by atoms with Crippen LogP contribution in [0.1, 0.15) is 32.1 Å². The molecule has 0 amide bonds. The minimum absolute atomic E-state index is 0.818. The average Bonchev–Trinajstić information content (AvgIpc) is 2.05. The van der Waals surface area contributed by atoms with E-state index in [4.69, 9.17) is 0 Å². The Balaban J connectivity index is 2.01. The van der Waals surface area contributed by atoms with Gasteiger partial charge in [-0.25, -0.2) is 0 Å². The minimum Gasteiger partial charge on any atom is -0.0882 e. The van der Waals surface area contributed by atoms with E-state index < -0.39 is 0 Å². The molecular formula is C10H14. The molecule has 0 aromatic heterocycles. The molecule has 0 aromatic rings. The lowest BCUT2D eigenvalue weighted by Crippen LogP contribution is -2.21. The summed E-state index contributed by atoms with van der Waals surface area (Å²) in [5.74, 6) is 1.78. The first kappa shape index (κ1) is 6.45. The van der Waals surface area contributed by atoms with Crippen molar-refractivity contribution in [2.75, 3.05) is 0 Å². The number of fused-ring (bicyclic) bond motifs is 1. The van der Waals surface area contributed by atoms with Crippen LogP contribution in [0.4, 0.5) is 0 Å². The van der Waals surface area contributed by atoms with E-state index in [2.05, 4.69) is 18.6 Å². The first-order valence-corrected chi connectivity index (χ1v) is 4.35. The molecule has 0 aliphatic heterocycles. The first-order valence-electron chi connectivity index (χ1n) is 4.35. The molecule has 2 radical (unpaired) electrons. The van der Waals surface area contributed by atoms with Crippen LogP contribution in [0.15, 0.2) is 12.2 Å². The van der Waals surface area contributed by atoms with Gasteiger partial charge in [-0.3, -0.25) is 0 Å². The Morgan fingerprint density at radius 1 is 1.20 bits per heavy atom. The molecule has 0 aromatic carbocycles. The van der Waals surface area contributed by atoms with E-state index in [0.717, 1.165) is 11.8 Å². The lowest BCUT2D eigenvalue weighted by molar-refractivity contribution is 0.291. The van der Waals surface area contributed by atoms with Crippen molar-refractivity contribution in [2.45, 2.75) is 32.1 Å². The highest BCUT2D eigenvalue weighted by molar-refractivity contribution is 5.00. The second-order valence-electron chi connectivity index (χ2n) is 3.41. The molecule has 0 N–H and O–H groups in total.